The largest absolute Gasteiger partial charge is 0.393 e. The second kappa shape index (κ2) is 7.12. The minimum Gasteiger partial charge on any atom is -0.393 e. The van der Waals surface area contributed by atoms with Gasteiger partial charge in [-0.15, -0.1) is 0 Å². The van der Waals surface area contributed by atoms with Gasteiger partial charge in [0.05, 0.1) is 23.6 Å². The highest BCUT2D eigenvalue weighted by atomic mass is 16.3. The maximum Gasteiger partial charge on any atom is 0.255 e. The molecular weight excluding hydrogens is 316 g/mol. The van der Waals surface area contributed by atoms with Gasteiger partial charge in [0.15, 0.2) is 5.65 Å². The van der Waals surface area contributed by atoms with Gasteiger partial charge >= 0.3 is 0 Å². The number of aryl methyl sites for hydroxylation is 1. The third-order valence-corrected chi connectivity index (χ3v) is 5.20. The molecule has 3 rings (SSSR count). The number of carbonyl (C=O) groups is 1. The molecule has 2 heterocycles. The van der Waals surface area contributed by atoms with Crippen molar-refractivity contribution in [3.8, 4) is 0 Å². The first-order chi connectivity index (χ1) is 11.9. The van der Waals surface area contributed by atoms with E-state index in [9.17, 15) is 9.90 Å². The Hall–Kier alpha value is -1.95. The highest BCUT2D eigenvalue weighted by Crippen LogP contribution is 2.26. The van der Waals surface area contributed by atoms with Crippen LogP contribution in [0.15, 0.2) is 12.3 Å². The summed E-state index contributed by atoms with van der Waals surface area (Å²) in [6.07, 6.45) is 5.50. The molecule has 2 atom stereocenters. The van der Waals surface area contributed by atoms with Crippen LogP contribution < -0.4 is 0 Å². The van der Waals surface area contributed by atoms with E-state index in [1.165, 1.54) is 0 Å². The normalized spacial score (nSPS) is 21.0. The Morgan fingerprint density at radius 1 is 1.40 bits per heavy atom. The minimum atomic E-state index is -0.296. The average molecular weight is 344 g/mol. The Morgan fingerprint density at radius 3 is 2.80 bits per heavy atom. The zero-order valence-electron chi connectivity index (χ0n) is 15.6. The first-order valence-electron chi connectivity index (χ1n) is 9.17. The number of nitrogens with zero attached hydrogens (tertiary/aromatic N) is 4. The monoisotopic (exact) mass is 344 g/mol. The molecule has 0 radical (unpaired) electrons. The van der Waals surface area contributed by atoms with Gasteiger partial charge in [0.2, 0.25) is 0 Å². The van der Waals surface area contributed by atoms with Gasteiger partial charge in [0.1, 0.15) is 0 Å². The van der Waals surface area contributed by atoms with Gasteiger partial charge in [-0.3, -0.25) is 4.79 Å². The van der Waals surface area contributed by atoms with Gasteiger partial charge in [0.25, 0.3) is 5.91 Å². The molecule has 2 aromatic heterocycles. The lowest BCUT2D eigenvalue weighted by Crippen LogP contribution is -2.38. The van der Waals surface area contributed by atoms with Gasteiger partial charge < -0.3 is 10.0 Å². The Balaban J connectivity index is 1.82. The first kappa shape index (κ1) is 17.9. The van der Waals surface area contributed by atoms with E-state index >= 15 is 0 Å². The van der Waals surface area contributed by atoms with E-state index in [2.05, 4.69) is 23.9 Å². The summed E-state index contributed by atoms with van der Waals surface area (Å²) >= 11 is 0. The highest BCUT2D eigenvalue weighted by molar-refractivity contribution is 5.98. The molecule has 1 fully saturated rings. The molecule has 6 nitrogen and oxygen atoms in total. The predicted octanol–water partition coefficient (Wildman–Crippen LogP) is 2.94. The van der Waals surface area contributed by atoms with Crippen LogP contribution in [0.25, 0.3) is 11.0 Å². The van der Waals surface area contributed by atoms with E-state index in [4.69, 9.17) is 0 Å². The highest BCUT2D eigenvalue weighted by Gasteiger charge is 2.27. The molecule has 1 amide bonds. The Kier molecular flexibility index (Phi) is 5.08. The molecule has 6 heteroatoms. The van der Waals surface area contributed by atoms with E-state index < -0.39 is 0 Å². The number of aromatic nitrogens is 3. The number of aliphatic hydroxyl groups is 1. The molecule has 0 bridgehead atoms. The van der Waals surface area contributed by atoms with Crippen molar-refractivity contribution in [2.24, 2.45) is 5.92 Å². The lowest BCUT2D eigenvalue weighted by atomic mass is 9.86. The van der Waals surface area contributed by atoms with Crippen LogP contribution in [0.3, 0.4) is 0 Å². The fraction of sp³-hybridized carbons (Fsp3) is 0.632. The maximum absolute atomic E-state index is 12.9. The van der Waals surface area contributed by atoms with Crippen molar-refractivity contribution in [3.05, 3.63) is 23.5 Å². The van der Waals surface area contributed by atoms with Crippen LogP contribution in [-0.2, 0) is 0 Å². The third-order valence-electron chi connectivity index (χ3n) is 5.20. The Bertz CT molecular complexity index is 768. The summed E-state index contributed by atoms with van der Waals surface area (Å²) < 4.78 is 1.87. The fourth-order valence-corrected chi connectivity index (χ4v) is 3.70. The summed E-state index contributed by atoms with van der Waals surface area (Å²) in [7, 11) is 1.81. The van der Waals surface area contributed by atoms with Crippen LogP contribution in [0.1, 0.15) is 61.6 Å². The number of amides is 1. The fourth-order valence-electron chi connectivity index (χ4n) is 3.70. The lowest BCUT2D eigenvalue weighted by molar-refractivity contribution is 0.0451. The van der Waals surface area contributed by atoms with Crippen LogP contribution in [0.5, 0.6) is 0 Å². The van der Waals surface area contributed by atoms with E-state index in [1.54, 1.807) is 11.1 Å². The van der Waals surface area contributed by atoms with Crippen LogP contribution in [0, 0.1) is 12.8 Å². The average Bonchev–Trinajstić information content (AvgIpc) is 2.98. The number of hydrogen-bond acceptors (Lipinski definition) is 4. The number of carbonyl (C=O) groups excluding carboxylic acids is 1. The zero-order chi connectivity index (χ0) is 18.1. The quantitative estimate of drug-likeness (QED) is 0.926. The molecule has 2 aromatic rings. The summed E-state index contributed by atoms with van der Waals surface area (Å²) in [5.74, 6) is 0.130. The van der Waals surface area contributed by atoms with Gasteiger partial charge in [-0.05, 0) is 39.7 Å². The predicted molar refractivity (Wildman–Crippen MR) is 97.6 cm³/mol. The molecule has 0 spiro atoms. The summed E-state index contributed by atoms with van der Waals surface area (Å²) in [6, 6.07) is 2.11. The van der Waals surface area contributed by atoms with E-state index in [1.807, 2.05) is 24.7 Å². The zero-order valence-corrected chi connectivity index (χ0v) is 15.6. The first-order valence-corrected chi connectivity index (χ1v) is 9.17. The summed E-state index contributed by atoms with van der Waals surface area (Å²) in [6.45, 7) is 6.58. The molecule has 1 saturated carbocycles. The van der Waals surface area contributed by atoms with Crippen molar-refractivity contribution < 1.29 is 9.90 Å². The number of aliphatic hydroxyl groups excluding tert-OH is 1. The SMILES string of the molecule is Cc1nc2c(cnn2C(C)C)cc1C(=O)N(C)CC1CCCCC1O. The molecule has 136 valence electrons. The standard InChI is InChI=1S/C19H28N4O2/c1-12(2)23-18-15(10-20-23)9-16(13(3)21-18)19(25)22(4)11-14-7-5-6-8-17(14)24/h9-10,12,14,17,24H,5-8,11H2,1-4H3. The molecule has 2 unspecified atom stereocenters. The topological polar surface area (TPSA) is 71.2 Å². The van der Waals surface area contributed by atoms with Crippen LogP contribution in [0.2, 0.25) is 0 Å². The van der Waals surface area contributed by atoms with Gasteiger partial charge in [-0.2, -0.15) is 5.10 Å². The summed E-state index contributed by atoms with van der Waals surface area (Å²) in [5, 5.41) is 15.4. The lowest BCUT2D eigenvalue weighted by Gasteiger charge is -2.31. The van der Waals surface area contributed by atoms with E-state index in [0.29, 0.717) is 12.1 Å². The van der Waals surface area contributed by atoms with Crippen molar-refractivity contribution in [1.29, 1.82) is 0 Å². The van der Waals surface area contributed by atoms with Crippen LogP contribution in [-0.4, -0.2) is 50.4 Å². The molecule has 1 N–H and O–H groups in total. The number of hydrogen-bond donors (Lipinski definition) is 1. The molecule has 1 aliphatic carbocycles. The van der Waals surface area contributed by atoms with Gasteiger partial charge in [0, 0.05) is 30.9 Å². The number of pyridine rings is 1. The van der Waals surface area contributed by atoms with Gasteiger partial charge in [-0.1, -0.05) is 12.8 Å². The molecule has 0 aliphatic heterocycles. The Morgan fingerprint density at radius 2 is 2.12 bits per heavy atom. The van der Waals surface area contributed by atoms with E-state index in [-0.39, 0.29) is 24.0 Å². The third kappa shape index (κ3) is 3.54. The van der Waals surface area contributed by atoms with Gasteiger partial charge in [-0.25, -0.2) is 9.67 Å². The van der Waals surface area contributed by atoms with E-state index in [0.717, 1.165) is 42.4 Å². The molecule has 0 saturated heterocycles. The molecule has 0 aromatic carbocycles. The molecule has 1 aliphatic rings. The minimum absolute atomic E-state index is 0.0398. The summed E-state index contributed by atoms with van der Waals surface area (Å²) in [4.78, 5) is 19.3. The Labute approximate surface area is 148 Å². The van der Waals surface area contributed by atoms with Crippen molar-refractivity contribution in [2.75, 3.05) is 13.6 Å². The number of rotatable bonds is 4. The molecular formula is C19H28N4O2. The molecule has 25 heavy (non-hydrogen) atoms. The second-order valence-electron chi connectivity index (χ2n) is 7.51. The van der Waals surface area contributed by atoms with Crippen LogP contribution in [0.4, 0.5) is 0 Å². The van der Waals surface area contributed by atoms with Crippen molar-refractivity contribution in [1.82, 2.24) is 19.7 Å². The smallest absolute Gasteiger partial charge is 0.255 e. The maximum atomic E-state index is 12.9. The van der Waals surface area contributed by atoms with Crippen molar-refractivity contribution in [3.63, 3.8) is 0 Å². The number of fused-ring (bicyclic) bond motifs is 1. The van der Waals surface area contributed by atoms with Crippen molar-refractivity contribution in [2.45, 2.75) is 58.6 Å². The van der Waals surface area contributed by atoms with Crippen LogP contribution >= 0.6 is 0 Å². The second-order valence-corrected chi connectivity index (χ2v) is 7.51. The summed E-state index contributed by atoms with van der Waals surface area (Å²) in [5.41, 5.74) is 2.15. The van der Waals surface area contributed by atoms with Crippen molar-refractivity contribution >= 4 is 16.9 Å².